The van der Waals surface area contributed by atoms with Crippen molar-refractivity contribution >= 4 is 5.97 Å². The van der Waals surface area contributed by atoms with Crippen molar-refractivity contribution in [3.8, 4) is 0 Å². The van der Waals surface area contributed by atoms with Gasteiger partial charge in [-0.05, 0) is 0 Å². The molecule has 76 valence electrons. The van der Waals surface area contributed by atoms with Crippen molar-refractivity contribution in [1.29, 1.82) is 0 Å². The second-order valence-corrected chi connectivity index (χ2v) is 2.76. The molecule has 0 aliphatic carbocycles. The highest BCUT2D eigenvalue weighted by Crippen LogP contribution is 2.19. The lowest BCUT2D eigenvalue weighted by atomic mass is 9.99. The first kappa shape index (κ1) is 10.4. The monoisotopic (exact) mass is 194 g/mol. The average molecular weight is 194 g/mol. The number of carbonyl (C=O) groups is 1. The summed E-state index contributed by atoms with van der Waals surface area (Å²) in [6.45, 7) is 0. The summed E-state index contributed by atoms with van der Waals surface area (Å²) in [4.78, 5) is 10.4. The van der Waals surface area contributed by atoms with Crippen molar-refractivity contribution in [2.45, 2.75) is 30.7 Å². The van der Waals surface area contributed by atoms with Crippen LogP contribution in [0, 0.1) is 0 Å². The van der Waals surface area contributed by atoms with Gasteiger partial charge in [-0.25, -0.2) is 4.79 Å². The molecule has 0 radical (unpaired) electrons. The van der Waals surface area contributed by atoms with Crippen LogP contribution < -0.4 is 0 Å². The Morgan fingerprint density at radius 3 is 2.00 bits per heavy atom. The first-order valence-corrected chi connectivity index (χ1v) is 3.55. The molecule has 0 bridgehead atoms. The predicted octanol–water partition coefficient (Wildman–Crippen LogP) is -3.13. The van der Waals surface area contributed by atoms with Crippen LogP contribution >= 0.6 is 0 Å². The van der Waals surface area contributed by atoms with Crippen molar-refractivity contribution in [3.05, 3.63) is 0 Å². The number of hydrogen-bond donors (Lipinski definition) is 5. The summed E-state index contributed by atoms with van der Waals surface area (Å²) in [6.07, 6.45) is -8.72. The molecule has 0 amide bonds. The molecule has 0 saturated carbocycles. The molecule has 0 aromatic rings. The van der Waals surface area contributed by atoms with Crippen LogP contribution in [0.1, 0.15) is 0 Å². The summed E-state index contributed by atoms with van der Waals surface area (Å²) in [7, 11) is 0. The molecule has 0 aromatic carbocycles. The molecule has 5 N–H and O–H groups in total. The van der Waals surface area contributed by atoms with Gasteiger partial charge >= 0.3 is 5.97 Å². The molecular weight excluding hydrogens is 184 g/mol. The van der Waals surface area contributed by atoms with Crippen molar-refractivity contribution < 1.29 is 35.1 Å². The SMILES string of the molecule is O=C(O)[C@H]1O[C@H](O)[C@H](O)[C@H](O)[C@H]1O. The molecular formula is C6H10O7. The normalized spacial score (nSPS) is 46.0. The molecule has 1 fully saturated rings. The number of aliphatic carboxylic acids is 1. The molecule has 1 saturated heterocycles. The number of hydrogen-bond acceptors (Lipinski definition) is 6. The van der Waals surface area contributed by atoms with E-state index in [1.54, 1.807) is 0 Å². The minimum Gasteiger partial charge on any atom is -0.479 e. The summed E-state index contributed by atoms with van der Waals surface area (Å²) in [5.41, 5.74) is 0. The molecule has 7 heteroatoms. The maximum atomic E-state index is 10.4. The van der Waals surface area contributed by atoms with Crippen LogP contribution in [0.5, 0.6) is 0 Å². The Balaban J connectivity index is 2.76. The van der Waals surface area contributed by atoms with Gasteiger partial charge in [0.1, 0.15) is 18.3 Å². The minimum atomic E-state index is -1.81. The third-order valence-electron chi connectivity index (χ3n) is 1.83. The zero-order valence-corrected chi connectivity index (χ0v) is 6.44. The summed E-state index contributed by atoms with van der Waals surface area (Å²) in [5, 5.41) is 44.4. The Bertz CT molecular complexity index is 205. The first-order chi connectivity index (χ1) is 5.95. The second kappa shape index (κ2) is 3.56. The third-order valence-corrected chi connectivity index (χ3v) is 1.83. The zero-order chi connectivity index (χ0) is 10.2. The van der Waals surface area contributed by atoms with E-state index in [9.17, 15) is 4.79 Å². The molecule has 7 nitrogen and oxygen atoms in total. The summed E-state index contributed by atoms with van der Waals surface area (Å²) in [5.74, 6) is -1.52. The highest BCUT2D eigenvalue weighted by molar-refractivity contribution is 5.73. The van der Waals surface area contributed by atoms with E-state index in [0.29, 0.717) is 0 Å². The molecule has 1 heterocycles. The van der Waals surface area contributed by atoms with Gasteiger partial charge in [0.05, 0.1) is 0 Å². The molecule has 13 heavy (non-hydrogen) atoms. The molecule has 0 unspecified atom stereocenters. The van der Waals surface area contributed by atoms with Crippen LogP contribution in [0.3, 0.4) is 0 Å². The Morgan fingerprint density at radius 1 is 1.00 bits per heavy atom. The first-order valence-electron chi connectivity index (χ1n) is 3.55. The van der Waals surface area contributed by atoms with Gasteiger partial charge in [0.15, 0.2) is 12.4 Å². The number of ether oxygens (including phenoxy) is 1. The van der Waals surface area contributed by atoms with Crippen LogP contribution in [-0.2, 0) is 9.53 Å². The molecule has 1 aliphatic heterocycles. The van der Waals surface area contributed by atoms with E-state index in [1.807, 2.05) is 0 Å². The van der Waals surface area contributed by atoms with Crippen molar-refractivity contribution in [2.24, 2.45) is 0 Å². The fraction of sp³-hybridized carbons (Fsp3) is 0.833. The van der Waals surface area contributed by atoms with Gasteiger partial charge < -0.3 is 30.3 Å². The Kier molecular flexibility index (Phi) is 2.84. The number of rotatable bonds is 1. The quantitative estimate of drug-likeness (QED) is 0.298. The van der Waals surface area contributed by atoms with E-state index >= 15 is 0 Å². The maximum absolute atomic E-state index is 10.4. The van der Waals surface area contributed by atoms with Crippen molar-refractivity contribution in [1.82, 2.24) is 0 Å². The zero-order valence-electron chi connectivity index (χ0n) is 6.44. The van der Waals surface area contributed by atoms with Gasteiger partial charge in [-0.15, -0.1) is 0 Å². The van der Waals surface area contributed by atoms with Crippen LogP contribution in [0.15, 0.2) is 0 Å². The standard InChI is InChI=1S/C6H10O7/c7-1-2(8)4(5(10)11)13-6(12)3(1)9/h1-4,6-9,12H,(H,10,11)/t1-,2-,3-,4+,6+/m1/s1. The van der Waals surface area contributed by atoms with Crippen LogP contribution in [0.2, 0.25) is 0 Å². The summed E-state index contributed by atoms with van der Waals surface area (Å²) < 4.78 is 4.34. The molecule has 1 rings (SSSR count). The summed E-state index contributed by atoms with van der Waals surface area (Å²) >= 11 is 0. The van der Waals surface area contributed by atoms with Gasteiger partial charge in [-0.1, -0.05) is 0 Å². The Hall–Kier alpha value is -0.730. The fourth-order valence-electron chi connectivity index (χ4n) is 1.07. The third kappa shape index (κ3) is 1.79. The molecule has 0 spiro atoms. The van der Waals surface area contributed by atoms with Crippen molar-refractivity contribution in [3.63, 3.8) is 0 Å². The van der Waals surface area contributed by atoms with Gasteiger partial charge in [0, 0.05) is 0 Å². The lowest BCUT2D eigenvalue weighted by molar-refractivity contribution is -0.279. The Morgan fingerprint density at radius 2 is 1.54 bits per heavy atom. The van der Waals surface area contributed by atoms with Crippen molar-refractivity contribution in [2.75, 3.05) is 0 Å². The average Bonchev–Trinajstić information content (AvgIpc) is 2.07. The number of carboxylic acid groups (broad SMARTS) is 1. The topological polar surface area (TPSA) is 127 Å². The summed E-state index contributed by atoms with van der Waals surface area (Å²) in [6, 6.07) is 0. The highest BCUT2D eigenvalue weighted by atomic mass is 16.6. The van der Waals surface area contributed by atoms with E-state index < -0.39 is 36.7 Å². The second-order valence-electron chi connectivity index (χ2n) is 2.76. The van der Waals surface area contributed by atoms with E-state index in [0.717, 1.165) is 0 Å². The van der Waals surface area contributed by atoms with E-state index in [1.165, 1.54) is 0 Å². The van der Waals surface area contributed by atoms with Gasteiger partial charge in [0.2, 0.25) is 0 Å². The van der Waals surface area contributed by atoms with E-state index in [4.69, 9.17) is 25.5 Å². The van der Waals surface area contributed by atoms with Crippen LogP contribution in [-0.4, -0.2) is 62.2 Å². The van der Waals surface area contributed by atoms with E-state index in [-0.39, 0.29) is 0 Å². The molecule has 1 aliphatic rings. The number of aliphatic hydroxyl groups excluding tert-OH is 4. The molecule has 5 atom stereocenters. The van der Waals surface area contributed by atoms with E-state index in [2.05, 4.69) is 4.74 Å². The number of carboxylic acids is 1. The fourth-order valence-corrected chi connectivity index (χ4v) is 1.07. The maximum Gasteiger partial charge on any atom is 0.335 e. The minimum absolute atomic E-state index is 1.52. The van der Waals surface area contributed by atoms with Crippen LogP contribution in [0.25, 0.3) is 0 Å². The lowest BCUT2D eigenvalue weighted by Gasteiger charge is -2.36. The van der Waals surface area contributed by atoms with Gasteiger partial charge in [-0.2, -0.15) is 0 Å². The van der Waals surface area contributed by atoms with Crippen LogP contribution in [0.4, 0.5) is 0 Å². The predicted molar refractivity (Wildman–Crippen MR) is 36.5 cm³/mol. The molecule has 0 aromatic heterocycles. The number of aliphatic hydroxyl groups is 4. The van der Waals surface area contributed by atoms with Gasteiger partial charge in [0.25, 0.3) is 0 Å². The Labute approximate surface area is 72.8 Å². The van der Waals surface area contributed by atoms with Gasteiger partial charge in [-0.3, -0.25) is 0 Å². The largest absolute Gasteiger partial charge is 0.479 e. The highest BCUT2D eigenvalue weighted by Gasteiger charge is 2.46. The smallest absolute Gasteiger partial charge is 0.335 e. The lowest BCUT2D eigenvalue weighted by Crippen LogP contribution is -2.59.